The molecular weight excluding hydrogens is 126 g/mol. The normalized spacial score (nSPS) is 33.7. The van der Waals surface area contributed by atoms with Crippen LogP contribution in [0.2, 0.25) is 0 Å². The first kappa shape index (κ1) is 7.58. The van der Waals surface area contributed by atoms with Gasteiger partial charge in [-0.05, 0) is 31.6 Å². The van der Waals surface area contributed by atoms with E-state index in [0.29, 0.717) is 0 Å². The first-order valence-corrected chi connectivity index (χ1v) is 3.95. The molecule has 2 heteroatoms. The van der Waals surface area contributed by atoms with Gasteiger partial charge in [-0.2, -0.15) is 0 Å². The average molecular weight is 140 g/mol. The SMILES string of the molecule is CC1CCC(C([NH])=O)CC1. The van der Waals surface area contributed by atoms with Crippen LogP contribution in [0.25, 0.3) is 0 Å². The summed E-state index contributed by atoms with van der Waals surface area (Å²) in [6, 6.07) is 0. The van der Waals surface area contributed by atoms with Crippen molar-refractivity contribution in [1.29, 1.82) is 0 Å². The summed E-state index contributed by atoms with van der Waals surface area (Å²) >= 11 is 0. The van der Waals surface area contributed by atoms with Gasteiger partial charge in [-0.3, -0.25) is 10.5 Å². The van der Waals surface area contributed by atoms with Crippen molar-refractivity contribution < 1.29 is 4.79 Å². The first-order chi connectivity index (χ1) is 4.70. The van der Waals surface area contributed by atoms with Crippen molar-refractivity contribution in [3.05, 3.63) is 0 Å². The van der Waals surface area contributed by atoms with Crippen molar-refractivity contribution in [2.24, 2.45) is 11.8 Å². The lowest BCUT2D eigenvalue weighted by molar-refractivity contribution is -0.123. The molecule has 0 aromatic carbocycles. The van der Waals surface area contributed by atoms with E-state index in [4.69, 9.17) is 5.73 Å². The van der Waals surface area contributed by atoms with Crippen LogP contribution in [0.1, 0.15) is 32.6 Å². The van der Waals surface area contributed by atoms with E-state index < -0.39 is 0 Å². The van der Waals surface area contributed by atoms with Crippen LogP contribution >= 0.6 is 0 Å². The highest BCUT2D eigenvalue weighted by Crippen LogP contribution is 2.27. The van der Waals surface area contributed by atoms with Gasteiger partial charge in [0.2, 0.25) is 5.91 Å². The van der Waals surface area contributed by atoms with Gasteiger partial charge in [0.05, 0.1) is 0 Å². The second kappa shape index (κ2) is 3.04. The summed E-state index contributed by atoms with van der Waals surface area (Å²) in [7, 11) is 0. The third-order valence-corrected chi connectivity index (χ3v) is 2.39. The van der Waals surface area contributed by atoms with Crippen LogP contribution in [0, 0.1) is 11.8 Å². The van der Waals surface area contributed by atoms with E-state index in [1.54, 1.807) is 0 Å². The smallest absolute Gasteiger partial charge is 0.241 e. The molecule has 0 aliphatic heterocycles. The largest absolute Gasteiger partial charge is 0.273 e. The Morgan fingerprint density at radius 1 is 1.30 bits per heavy atom. The molecule has 0 atom stereocenters. The number of carbonyl (C=O) groups is 1. The topological polar surface area (TPSA) is 40.9 Å². The summed E-state index contributed by atoms with van der Waals surface area (Å²) in [5.41, 5.74) is 6.90. The molecule has 1 aliphatic rings. The Hall–Kier alpha value is -0.530. The third kappa shape index (κ3) is 1.72. The summed E-state index contributed by atoms with van der Waals surface area (Å²) in [6.07, 6.45) is 4.16. The standard InChI is InChI=1S/C8H14NO/c1-6-2-4-7(5-3-6)8(9)10/h6-7,9H,2-5H2,1H3. The first-order valence-electron chi connectivity index (χ1n) is 3.95. The zero-order valence-corrected chi connectivity index (χ0v) is 6.39. The van der Waals surface area contributed by atoms with E-state index in [1.165, 1.54) is 0 Å². The van der Waals surface area contributed by atoms with Crippen LogP contribution in [0.3, 0.4) is 0 Å². The van der Waals surface area contributed by atoms with Gasteiger partial charge in [-0.15, -0.1) is 0 Å². The van der Waals surface area contributed by atoms with E-state index in [9.17, 15) is 4.79 Å². The number of rotatable bonds is 1. The molecule has 1 N–H and O–H groups in total. The zero-order chi connectivity index (χ0) is 7.56. The molecule has 57 valence electrons. The number of hydrogen-bond donors (Lipinski definition) is 0. The molecule has 1 fully saturated rings. The lowest BCUT2D eigenvalue weighted by Gasteiger charge is -2.22. The predicted molar refractivity (Wildman–Crippen MR) is 39.2 cm³/mol. The molecule has 10 heavy (non-hydrogen) atoms. The number of nitrogens with one attached hydrogen (secondary N) is 1. The van der Waals surface area contributed by atoms with Crippen molar-refractivity contribution in [2.75, 3.05) is 0 Å². The fraction of sp³-hybridized carbons (Fsp3) is 0.875. The monoisotopic (exact) mass is 140 g/mol. The molecule has 0 aromatic rings. The van der Waals surface area contributed by atoms with Gasteiger partial charge in [-0.1, -0.05) is 6.92 Å². The van der Waals surface area contributed by atoms with Crippen LogP contribution in [0.4, 0.5) is 0 Å². The van der Waals surface area contributed by atoms with Crippen LogP contribution in [-0.2, 0) is 4.79 Å². The Balaban J connectivity index is 2.33. The molecule has 1 radical (unpaired) electrons. The van der Waals surface area contributed by atoms with Gasteiger partial charge in [0.15, 0.2) is 0 Å². The van der Waals surface area contributed by atoms with E-state index in [-0.39, 0.29) is 11.8 Å². The molecule has 2 nitrogen and oxygen atoms in total. The summed E-state index contributed by atoms with van der Waals surface area (Å²) in [6.45, 7) is 2.21. The van der Waals surface area contributed by atoms with E-state index in [2.05, 4.69) is 6.92 Å². The van der Waals surface area contributed by atoms with Crippen LogP contribution < -0.4 is 5.73 Å². The molecule has 0 saturated heterocycles. The van der Waals surface area contributed by atoms with Gasteiger partial charge in [0, 0.05) is 5.92 Å². The second-order valence-electron chi connectivity index (χ2n) is 3.32. The summed E-state index contributed by atoms with van der Waals surface area (Å²) in [5.74, 6) is 0.485. The maximum Gasteiger partial charge on any atom is 0.241 e. The lowest BCUT2D eigenvalue weighted by atomic mass is 9.83. The van der Waals surface area contributed by atoms with Crippen LogP contribution in [-0.4, -0.2) is 5.91 Å². The third-order valence-electron chi connectivity index (χ3n) is 2.39. The van der Waals surface area contributed by atoms with Crippen LogP contribution in [0.5, 0.6) is 0 Å². The summed E-state index contributed by atoms with van der Waals surface area (Å²) in [4.78, 5) is 10.6. The minimum absolute atomic E-state index is 0.0659. The molecule has 0 spiro atoms. The number of hydrogen-bond acceptors (Lipinski definition) is 1. The van der Waals surface area contributed by atoms with E-state index >= 15 is 0 Å². The average Bonchev–Trinajstić information content (AvgIpc) is 1.88. The van der Waals surface area contributed by atoms with Crippen molar-refractivity contribution in [1.82, 2.24) is 5.73 Å². The summed E-state index contributed by atoms with van der Waals surface area (Å²) < 4.78 is 0. The van der Waals surface area contributed by atoms with Crippen molar-refractivity contribution in [2.45, 2.75) is 32.6 Å². The fourth-order valence-electron chi connectivity index (χ4n) is 1.52. The quantitative estimate of drug-likeness (QED) is 0.545. The second-order valence-corrected chi connectivity index (χ2v) is 3.32. The lowest BCUT2D eigenvalue weighted by Crippen LogP contribution is -2.21. The highest BCUT2D eigenvalue weighted by molar-refractivity contribution is 5.75. The Bertz CT molecular complexity index is 125. The molecule has 0 aromatic heterocycles. The maximum absolute atomic E-state index is 10.6. The molecule has 1 aliphatic carbocycles. The van der Waals surface area contributed by atoms with Gasteiger partial charge in [-0.25, -0.2) is 0 Å². The van der Waals surface area contributed by atoms with Crippen LogP contribution in [0.15, 0.2) is 0 Å². The fourth-order valence-corrected chi connectivity index (χ4v) is 1.52. The highest BCUT2D eigenvalue weighted by Gasteiger charge is 2.22. The van der Waals surface area contributed by atoms with Gasteiger partial charge >= 0.3 is 0 Å². The molecule has 0 heterocycles. The zero-order valence-electron chi connectivity index (χ0n) is 6.39. The van der Waals surface area contributed by atoms with Gasteiger partial charge in [0.25, 0.3) is 0 Å². The van der Waals surface area contributed by atoms with Gasteiger partial charge in [0.1, 0.15) is 0 Å². The summed E-state index contributed by atoms with van der Waals surface area (Å²) in [5, 5.41) is 0. The number of carbonyl (C=O) groups excluding carboxylic acids is 1. The van der Waals surface area contributed by atoms with Crippen molar-refractivity contribution >= 4 is 5.91 Å². The van der Waals surface area contributed by atoms with Crippen molar-refractivity contribution in [3.63, 3.8) is 0 Å². The minimum Gasteiger partial charge on any atom is -0.273 e. The van der Waals surface area contributed by atoms with E-state index in [1.807, 2.05) is 0 Å². The predicted octanol–water partition coefficient (Wildman–Crippen LogP) is 1.62. The number of amides is 1. The Morgan fingerprint density at radius 2 is 1.80 bits per heavy atom. The van der Waals surface area contributed by atoms with Gasteiger partial charge < -0.3 is 0 Å². The Morgan fingerprint density at radius 3 is 2.20 bits per heavy atom. The molecule has 0 unspecified atom stereocenters. The van der Waals surface area contributed by atoms with E-state index in [0.717, 1.165) is 31.6 Å². The molecule has 1 amide bonds. The minimum atomic E-state index is -0.355. The molecule has 0 bridgehead atoms. The highest BCUT2D eigenvalue weighted by atomic mass is 16.1. The molecule has 1 rings (SSSR count). The maximum atomic E-state index is 10.6. The van der Waals surface area contributed by atoms with Crippen molar-refractivity contribution in [3.8, 4) is 0 Å². The molecular formula is C8H14NO. The molecule has 1 saturated carbocycles. The Labute approximate surface area is 61.8 Å². The Kier molecular flexibility index (Phi) is 2.30.